The summed E-state index contributed by atoms with van der Waals surface area (Å²) in [6, 6.07) is 10.9. The molecule has 0 bridgehead atoms. The number of rotatable bonds is 7. The average Bonchev–Trinajstić information content (AvgIpc) is 3.23. The van der Waals surface area contributed by atoms with Gasteiger partial charge in [-0.3, -0.25) is 4.90 Å². The molecule has 2 heteroatoms. The van der Waals surface area contributed by atoms with Gasteiger partial charge in [0.05, 0.1) is 6.10 Å². The smallest absolute Gasteiger partial charge is 0.0942 e. The summed E-state index contributed by atoms with van der Waals surface area (Å²) in [5, 5.41) is 10.6. The minimum Gasteiger partial charge on any atom is -0.387 e. The van der Waals surface area contributed by atoms with E-state index in [9.17, 15) is 5.11 Å². The van der Waals surface area contributed by atoms with E-state index in [2.05, 4.69) is 25.7 Å². The van der Waals surface area contributed by atoms with Gasteiger partial charge in [0, 0.05) is 12.1 Å². The molecule has 0 heterocycles. The third kappa shape index (κ3) is 4.05. The van der Waals surface area contributed by atoms with Gasteiger partial charge in [0.1, 0.15) is 0 Å². The molecule has 106 valence electrons. The van der Waals surface area contributed by atoms with E-state index in [4.69, 9.17) is 0 Å². The SMILES string of the molecule is CC(C)CCN(C1CC1)C(C)C(O)c1ccccc1. The fourth-order valence-corrected chi connectivity index (χ4v) is 2.64. The van der Waals surface area contributed by atoms with Gasteiger partial charge < -0.3 is 5.11 Å². The lowest BCUT2D eigenvalue weighted by atomic mass is 10.0. The maximum absolute atomic E-state index is 10.6. The predicted octanol–water partition coefficient (Wildman–Crippen LogP) is 3.62. The van der Waals surface area contributed by atoms with E-state index in [1.807, 2.05) is 30.3 Å². The predicted molar refractivity (Wildman–Crippen MR) is 80.0 cm³/mol. The molecule has 1 aliphatic carbocycles. The molecule has 1 aromatic rings. The van der Waals surface area contributed by atoms with Crippen molar-refractivity contribution < 1.29 is 5.11 Å². The van der Waals surface area contributed by atoms with Gasteiger partial charge in [-0.2, -0.15) is 0 Å². The van der Waals surface area contributed by atoms with Gasteiger partial charge in [-0.05, 0) is 44.2 Å². The van der Waals surface area contributed by atoms with Gasteiger partial charge in [0.25, 0.3) is 0 Å². The molecule has 0 aromatic heterocycles. The molecular formula is C17H27NO. The molecule has 1 saturated carbocycles. The van der Waals surface area contributed by atoms with Crippen molar-refractivity contribution in [1.82, 2.24) is 4.90 Å². The second kappa shape index (κ2) is 6.53. The molecule has 1 fully saturated rings. The molecule has 0 radical (unpaired) electrons. The van der Waals surface area contributed by atoms with Crippen molar-refractivity contribution in [2.75, 3.05) is 6.54 Å². The third-order valence-electron chi connectivity index (χ3n) is 4.10. The van der Waals surface area contributed by atoms with Crippen molar-refractivity contribution in [1.29, 1.82) is 0 Å². The van der Waals surface area contributed by atoms with Crippen LogP contribution in [0.4, 0.5) is 0 Å². The van der Waals surface area contributed by atoms with Crippen molar-refractivity contribution >= 4 is 0 Å². The van der Waals surface area contributed by atoms with E-state index in [1.54, 1.807) is 0 Å². The normalized spacial score (nSPS) is 18.8. The number of benzene rings is 1. The summed E-state index contributed by atoms with van der Waals surface area (Å²) in [6.45, 7) is 7.80. The zero-order valence-electron chi connectivity index (χ0n) is 12.4. The molecule has 19 heavy (non-hydrogen) atoms. The summed E-state index contributed by atoms with van der Waals surface area (Å²) >= 11 is 0. The topological polar surface area (TPSA) is 23.5 Å². The van der Waals surface area contributed by atoms with Crippen molar-refractivity contribution in [3.05, 3.63) is 35.9 Å². The molecule has 1 aromatic carbocycles. The first-order chi connectivity index (χ1) is 9.09. The maximum Gasteiger partial charge on any atom is 0.0942 e. The van der Waals surface area contributed by atoms with Crippen LogP contribution in [0, 0.1) is 5.92 Å². The van der Waals surface area contributed by atoms with Crippen molar-refractivity contribution in [2.24, 2.45) is 5.92 Å². The van der Waals surface area contributed by atoms with E-state index in [0.29, 0.717) is 6.04 Å². The Balaban J connectivity index is 2.00. The molecule has 2 unspecified atom stereocenters. The van der Waals surface area contributed by atoms with Gasteiger partial charge in [-0.15, -0.1) is 0 Å². The molecular weight excluding hydrogens is 234 g/mol. The monoisotopic (exact) mass is 261 g/mol. The summed E-state index contributed by atoms with van der Waals surface area (Å²) in [6.07, 6.45) is 3.42. The first kappa shape index (κ1) is 14.5. The summed E-state index contributed by atoms with van der Waals surface area (Å²) in [7, 11) is 0. The standard InChI is InChI=1S/C17H27NO/c1-13(2)11-12-18(16-9-10-16)14(3)17(19)15-7-5-4-6-8-15/h4-8,13-14,16-17,19H,9-12H2,1-3H3. The third-order valence-corrected chi connectivity index (χ3v) is 4.10. The fraction of sp³-hybridized carbons (Fsp3) is 0.647. The van der Waals surface area contributed by atoms with Crippen LogP contribution in [0.2, 0.25) is 0 Å². The van der Waals surface area contributed by atoms with Crippen molar-refractivity contribution in [2.45, 2.75) is 58.2 Å². The molecule has 0 amide bonds. The van der Waals surface area contributed by atoms with Crippen molar-refractivity contribution in [3.63, 3.8) is 0 Å². The highest BCUT2D eigenvalue weighted by atomic mass is 16.3. The Kier molecular flexibility index (Phi) is 5.00. The minimum atomic E-state index is -0.381. The Morgan fingerprint density at radius 3 is 2.32 bits per heavy atom. The van der Waals surface area contributed by atoms with Gasteiger partial charge >= 0.3 is 0 Å². The molecule has 0 saturated heterocycles. The summed E-state index contributed by atoms with van der Waals surface area (Å²) in [5.74, 6) is 0.724. The quantitative estimate of drug-likeness (QED) is 0.810. The first-order valence-corrected chi connectivity index (χ1v) is 7.58. The lowest BCUT2D eigenvalue weighted by molar-refractivity contribution is 0.0502. The first-order valence-electron chi connectivity index (χ1n) is 7.58. The molecule has 0 spiro atoms. The lowest BCUT2D eigenvalue weighted by Gasteiger charge is -2.33. The average molecular weight is 261 g/mol. The molecule has 2 rings (SSSR count). The van der Waals surface area contributed by atoms with Crippen LogP contribution in [-0.4, -0.2) is 28.6 Å². The molecule has 2 atom stereocenters. The van der Waals surface area contributed by atoms with Gasteiger partial charge in [0.2, 0.25) is 0 Å². The lowest BCUT2D eigenvalue weighted by Crippen LogP contribution is -2.40. The van der Waals surface area contributed by atoms with Crippen LogP contribution in [0.15, 0.2) is 30.3 Å². The highest BCUT2D eigenvalue weighted by Gasteiger charge is 2.34. The Morgan fingerprint density at radius 2 is 1.79 bits per heavy atom. The van der Waals surface area contributed by atoms with Crippen LogP contribution in [0.1, 0.15) is 51.7 Å². The number of hydrogen-bond donors (Lipinski definition) is 1. The Bertz CT molecular complexity index is 372. The maximum atomic E-state index is 10.6. The van der Waals surface area contributed by atoms with Crippen LogP contribution < -0.4 is 0 Å². The Morgan fingerprint density at radius 1 is 1.16 bits per heavy atom. The summed E-state index contributed by atoms with van der Waals surface area (Å²) in [4.78, 5) is 2.51. The largest absolute Gasteiger partial charge is 0.387 e. The van der Waals surface area contributed by atoms with Gasteiger partial charge in [0.15, 0.2) is 0 Å². The number of aliphatic hydroxyl groups excluding tert-OH is 1. The Labute approximate surface area is 117 Å². The molecule has 1 aliphatic rings. The fourth-order valence-electron chi connectivity index (χ4n) is 2.64. The highest BCUT2D eigenvalue weighted by Crippen LogP contribution is 2.33. The summed E-state index contributed by atoms with van der Waals surface area (Å²) in [5.41, 5.74) is 1.03. The van der Waals surface area contributed by atoms with E-state index in [0.717, 1.165) is 18.0 Å². The second-order valence-corrected chi connectivity index (χ2v) is 6.25. The van der Waals surface area contributed by atoms with Crippen LogP contribution in [0.5, 0.6) is 0 Å². The minimum absolute atomic E-state index is 0.202. The van der Waals surface area contributed by atoms with E-state index in [1.165, 1.54) is 19.3 Å². The highest BCUT2D eigenvalue weighted by molar-refractivity contribution is 5.18. The number of nitrogens with zero attached hydrogens (tertiary/aromatic N) is 1. The van der Waals surface area contributed by atoms with E-state index < -0.39 is 0 Å². The van der Waals surface area contributed by atoms with E-state index >= 15 is 0 Å². The van der Waals surface area contributed by atoms with Crippen LogP contribution in [0.3, 0.4) is 0 Å². The van der Waals surface area contributed by atoms with E-state index in [-0.39, 0.29) is 12.1 Å². The van der Waals surface area contributed by atoms with Crippen LogP contribution in [-0.2, 0) is 0 Å². The van der Waals surface area contributed by atoms with Gasteiger partial charge in [-0.1, -0.05) is 44.2 Å². The number of hydrogen-bond acceptors (Lipinski definition) is 2. The summed E-state index contributed by atoms with van der Waals surface area (Å²) < 4.78 is 0. The Hall–Kier alpha value is -0.860. The molecule has 1 N–H and O–H groups in total. The van der Waals surface area contributed by atoms with Crippen LogP contribution >= 0.6 is 0 Å². The van der Waals surface area contributed by atoms with Crippen LogP contribution in [0.25, 0.3) is 0 Å². The zero-order chi connectivity index (χ0) is 13.8. The van der Waals surface area contributed by atoms with Gasteiger partial charge in [-0.25, -0.2) is 0 Å². The number of aliphatic hydroxyl groups is 1. The molecule has 0 aliphatic heterocycles. The van der Waals surface area contributed by atoms with Crippen molar-refractivity contribution in [3.8, 4) is 0 Å². The molecule has 2 nitrogen and oxygen atoms in total. The zero-order valence-corrected chi connectivity index (χ0v) is 12.4. The second-order valence-electron chi connectivity index (χ2n) is 6.25.